The van der Waals surface area contributed by atoms with Crippen LogP contribution in [-0.4, -0.2) is 357 Å². The first-order valence-corrected chi connectivity index (χ1v) is 26.3. The second-order valence-electron chi connectivity index (χ2n) is 21.1. The van der Waals surface area contributed by atoms with Crippen LogP contribution in [0.5, 0.6) is 0 Å². The van der Waals surface area contributed by atoms with Gasteiger partial charge in [0, 0.05) is 13.8 Å². The van der Waals surface area contributed by atoms with E-state index in [2.05, 4.69) is 10.6 Å². The van der Waals surface area contributed by atoms with Crippen molar-refractivity contribution in [3.05, 3.63) is 0 Å². The van der Waals surface area contributed by atoms with E-state index in [-0.39, 0.29) is 0 Å². The van der Waals surface area contributed by atoms with Gasteiger partial charge >= 0.3 is 0 Å². The molecule has 0 saturated carbocycles. The van der Waals surface area contributed by atoms with Crippen molar-refractivity contribution in [2.75, 3.05) is 33.0 Å². The highest BCUT2D eigenvalue weighted by Gasteiger charge is 2.58. The van der Waals surface area contributed by atoms with E-state index in [1.807, 2.05) is 0 Å². The summed E-state index contributed by atoms with van der Waals surface area (Å²) in [7, 11) is 0. The molecule has 7 aliphatic heterocycles. The predicted octanol–water partition coefficient (Wildman–Crippen LogP) is -13.9. The lowest BCUT2D eigenvalue weighted by Gasteiger charge is -2.50. The highest BCUT2D eigenvalue weighted by molar-refractivity contribution is 5.73. The summed E-state index contributed by atoms with van der Waals surface area (Å²) in [6.07, 6.45) is -59.8. The van der Waals surface area contributed by atoms with E-state index in [1.54, 1.807) is 0 Å². The zero-order chi connectivity index (χ0) is 60.5. The molecule has 36 nitrogen and oxygen atoms in total. The minimum absolute atomic E-state index is 0.749. The van der Waals surface area contributed by atoms with Gasteiger partial charge < -0.3 is 169 Å². The summed E-state index contributed by atoms with van der Waals surface area (Å²) < 4.78 is 74.5. The van der Waals surface area contributed by atoms with E-state index in [4.69, 9.17) is 61.6 Å². The molecular weight excluding hydrogens is 1120 g/mol. The van der Waals surface area contributed by atoms with E-state index in [0.29, 0.717) is 0 Å². The zero-order valence-corrected chi connectivity index (χ0v) is 44.4. The zero-order valence-electron chi connectivity index (χ0n) is 44.4. The number of rotatable bonds is 20. The second-order valence-corrected chi connectivity index (χ2v) is 21.1. The van der Waals surface area contributed by atoms with E-state index < -0.39 is 260 Å². The summed E-state index contributed by atoms with van der Waals surface area (Å²) in [6, 6.07) is -3.18. The molecule has 7 fully saturated rings. The number of hydrogen-bond acceptors (Lipinski definition) is 34. The molecule has 21 N–H and O–H groups in total. The number of carbonyl (C=O) groups excluding carboxylic acids is 2. The summed E-state index contributed by atoms with van der Waals surface area (Å²) >= 11 is 0. The molecule has 0 bridgehead atoms. The second kappa shape index (κ2) is 28.7. The summed E-state index contributed by atoms with van der Waals surface area (Å²) in [5.41, 5.74) is 0. The number of ether oxygens (including phenoxy) is 13. The van der Waals surface area contributed by atoms with Crippen LogP contribution in [0.3, 0.4) is 0 Å². The van der Waals surface area contributed by atoms with E-state index in [1.165, 1.54) is 13.8 Å². The topological polar surface area (TPSA) is 563 Å². The lowest BCUT2D eigenvalue weighted by Crippen LogP contribution is -2.69. The van der Waals surface area contributed by atoms with Gasteiger partial charge in [0.25, 0.3) is 0 Å². The monoisotopic (exact) mass is 1200 g/mol. The average Bonchev–Trinajstić information content (AvgIpc) is 3.68. The minimum Gasteiger partial charge on any atom is -0.394 e. The lowest BCUT2D eigenvalue weighted by atomic mass is 9.95. The fraction of sp³-hybridized carbons (Fsp3) is 0.957. The Bertz CT molecular complexity index is 2030. The van der Waals surface area contributed by atoms with Gasteiger partial charge in [-0.1, -0.05) is 0 Å². The van der Waals surface area contributed by atoms with E-state index in [0.717, 1.165) is 13.8 Å². The Morgan fingerprint density at radius 3 is 1.45 bits per heavy atom. The third-order valence-electron chi connectivity index (χ3n) is 15.2. The highest BCUT2D eigenvalue weighted by atomic mass is 16.8. The van der Waals surface area contributed by atoms with Crippen molar-refractivity contribution in [3.8, 4) is 0 Å². The third-order valence-corrected chi connectivity index (χ3v) is 15.2. The Kier molecular flexibility index (Phi) is 23.5. The van der Waals surface area contributed by atoms with Crippen LogP contribution >= 0.6 is 0 Å². The van der Waals surface area contributed by atoms with Crippen LogP contribution in [0.1, 0.15) is 27.7 Å². The number of aliphatic hydroxyl groups excluding tert-OH is 19. The molecule has 1 unspecified atom stereocenters. The molecule has 7 saturated heterocycles. The quantitative estimate of drug-likeness (QED) is 0.0538. The van der Waals surface area contributed by atoms with Crippen LogP contribution < -0.4 is 10.6 Å². The molecule has 36 heteroatoms. The Morgan fingerprint density at radius 2 is 0.866 bits per heavy atom. The standard InChI is InChI=1S/C46H78N2O34/c1-10-21(55)28(62)31(65)45(72-10)82-39-38(81-41-19(47-12(3)52)26(60)23(57)15(5-49)75-41)22(56)11(2)73-46(39)79-36-17(7-51)76-43(33(67)30(36)64)70-8-14(54)35-29(63)32(66)44(78-35)71-9-18-24(58)27(61)20(48-13(4)53)42(77-18)80-37-25(59)16(6-50)74-40(69)34(37)68/h10-11,14-46,49-51,54-69H,5-9H2,1-4H3,(H,47,52)(H,48,53)/t10-,11+,14+,15+,16+,17+,18+,19+,20+,21-,22+,23-,24-,25-,26+,27+,28+,29+,30+,31+,32+,33+,34+,35-,36+,37-,38-,39-,40?,41+,42-,43+,44+,45-,46-/m0/s1. The van der Waals surface area contributed by atoms with Crippen LogP contribution in [0.15, 0.2) is 0 Å². The number of aliphatic hydroxyl groups is 19. The molecule has 2 amide bonds. The summed E-state index contributed by atoms with van der Waals surface area (Å²) in [5, 5.41) is 209. The van der Waals surface area contributed by atoms with Crippen LogP contribution in [-0.2, 0) is 71.2 Å². The van der Waals surface area contributed by atoms with Crippen LogP contribution in [0, 0.1) is 0 Å². The number of nitrogens with one attached hydrogen (secondary N) is 2. The Balaban J connectivity index is 1.01. The van der Waals surface area contributed by atoms with Crippen LogP contribution in [0.2, 0.25) is 0 Å². The maximum Gasteiger partial charge on any atom is 0.217 e. The molecule has 7 aliphatic rings. The van der Waals surface area contributed by atoms with Gasteiger partial charge in [0.05, 0.1) is 45.2 Å². The van der Waals surface area contributed by atoms with Crippen molar-refractivity contribution in [1.82, 2.24) is 10.6 Å². The van der Waals surface area contributed by atoms with E-state index >= 15 is 0 Å². The molecule has 476 valence electrons. The molecule has 7 rings (SSSR count). The Morgan fingerprint density at radius 1 is 0.402 bits per heavy atom. The molecule has 7 heterocycles. The van der Waals surface area contributed by atoms with Gasteiger partial charge in [-0.15, -0.1) is 0 Å². The highest BCUT2D eigenvalue weighted by Crippen LogP contribution is 2.37. The lowest BCUT2D eigenvalue weighted by molar-refractivity contribution is -0.399. The predicted molar refractivity (Wildman–Crippen MR) is 252 cm³/mol. The molecule has 35 atom stereocenters. The van der Waals surface area contributed by atoms with Gasteiger partial charge in [-0.2, -0.15) is 0 Å². The summed E-state index contributed by atoms with van der Waals surface area (Å²) in [6.45, 7) is 0.279. The largest absolute Gasteiger partial charge is 0.394 e. The smallest absolute Gasteiger partial charge is 0.217 e. The van der Waals surface area contributed by atoms with E-state index in [9.17, 15) is 107 Å². The van der Waals surface area contributed by atoms with Crippen LogP contribution in [0.4, 0.5) is 0 Å². The van der Waals surface area contributed by atoms with Crippen molar-refractivity contribution < 1.29 is 168 Å². The molecule has 0 spiro atoms. The van der Waals surface area contributed by atoms with Gasteiger partial charge in [-0.25, -0.2) is 0 Å². The fourth-order valence-electron chi connectivity index (χ4n) is 10.5. The number of carbonyl (C=O) groups is 2. The SMILES string of the molecule is CC(=O)N[C@H]1[C@H](O[C@H]2[C@@H](O)[C@@H](CO)OC(O)[C@@H]2O)O[C@H](CO[C@@H]2O[C@@H]([C@H](O)CO[C@@H]3O[C@H](CO)[C@@H](O[C@@H]4O[C@H](C)[C@@H](O)[C@H](O[C@H]5O[C@H](CO)[C@H](O)[C@H](O)[C@H]5NC(C)=O)[C@@H]4O[C@@H]4O[C@@H](C)[C@H](O)[C@@H](O)[C@H]4O)[C@H](O)[C@H]3O)[C@H](O)[C@H]2O)[C@H](O)[C@@H]1O. The van der Waals surface area contributed by atoms with Crippen molar-refractivity contribution in [3.63, 3.8) is 0 Å². The Labute approximate surface area is 465 Å². The average molecular weight is 1200 g/mol. The molecule has 0 aromatic rings. The molecule has 0 radical (unpaired) electrons. The first-order chi connectivity index (χ1) is 38.6. The number of amides is 2. The summed E-state index contributed by atoms with van der Waals surface area (Å²) in [4.78, 5) is 24.3. The van der Waals surface area contributed by atoms with Gasteiger partial charge in [0.1, 0.15) is 159 Å². The first kappa shape index (κ1) is 67.2. The number of hydrogen-bond donors (Lipinski definition) is 21. The molecule has 0 aromatic carbocycles. The fourth-order valence-corrected chi connectivity index (χ4v) is 10.5. The Hall–Kier alpha value is -2.34. The van der Waals surface area contributed by atoms with Gasteiger partial charge in [-0.05, 0) is 13.8 Å². The first-order valence-electron chi connectivity index (χ1n) is 26.3. The maximum absolute atomic E-state index is 12.3. The van der Waals surface area contributed by atoms with Gasteiger partial charge in [-0.3, -0.25) is 9.59 Å². The summed E-state index contributed by atoms with van der Waals surface area (Å²) in [5.74, 6) is -1.50. The minimum atomic E-state index is -2.14. The van der Waals surface area contributed by atoms with Gasteiger partial charge in [0.15, 0.2) is 44.0 Å². The van der Waals surface area contributed by atoms with Crippen LogP contribution in [0.25, 0.3) is 0 Å². The van der Waals surface area contributed by atoms with Crippen molar-refractivity contribution in [1.29, 1.82) is 0 Å². The van der Waals surface area contributed by atoms with Crippen molar-refractivity contribution in [2.24, 2.45) is 0 Å². The van der Waals surface area contributed by atoms with Crippen molar-refractivity contribution in [2.45, 2.75) is 243 Å². The maximum atomic E-state index is 12.3. The van der Waals surface area contributed by atoms with Crippen molar-refractivity contribution >= 4 is 11.8 Å². The molecule has 0 aromatic heterocycles. The molecule has 82 heavy (non-hydrogen) atoms. The van der Waals surface area contributed by atoms with Gasteiger partial charge in [0.2, 0.25) is 11.8 Å². The third kappa shape index (κ3) is 14.5. The normalized spacial score (nSPS) is 50.6. The molecular formula is C46H78N2O34. The molecule has 0 aliphatic carbocycles.